The van der Waals surface area contributed by atoms with E-state index < -0.39 is 11.9 Å². The van der Waals surface area contributed by atoms with Crippen LogP contribution in [0.1, 0.15) is 20.8 Å². The van der Waals surface area contributed by atoms with Crippen molar-refractivity contribution < 1.29 is 14.3 Å². The molecule has 0 aliphatic carbocycles. The number of thiazole rings is 1. The Hall–Kier alpha value is -2.41. The smallest absolute Gasteiger partial charge is 0.321 e. The van der Waals surface area contributed by atoms with Gasteiger partial charge in [0.2, 0.25) is 0 Å². The second kappa shape index (κ2) is 8.44. The molecule has 24 heavy (non-hydrogen) atoms. The van der Waals surface area contributed by atoms with E-state index in [9.17, 15) is 9.59 Å². The first-order valence-electron chi connectivity index (χ1n) is 7.76. The van der Waals surface area contributed by atoms with Crippen LogP contribution in [0.3, 0.4) is 0 Å². The van der Waals surface area contributed by atoms with Crippen LogP contribution in [0, 0.1) is 5.92 Å². The van der Waals surface area contributed by atoms with E-state index in [1.807, 2.05) is 30.3 Å². The monoisotopic (exact) mass is 347 g/mol. The molecule has 6 nitrogen and oxygen atoms in total. The van der Waals surface area contributed by atoms with Crippen LogP contribution in [0.25, 0.3) is 10.4 Å². The van der Waals surface area contributed by atoms with Gasteiger partial charge in [0.25, 0.3) is 0 Å². The van der Waals surface area contributed by atoms with Gasteiger partial charge in [-0.25, -0.2) is 9.78 Å². The van der Waals surface area contributed by atoms with Crippen LogP contribution in [0.2, 0.25) is 0 Å². The zero-order chi connectivity index (χ0) is 17.5. The molecule has 1 aromatic heterocycles. The molecule has 0 bridgehead atoms. The minimum atomic E-state index is -0.424. The van der Waals surface area contributed by atoms with Crippen LogP contribution in [0.4, 0.5) is 9.93 Å². The van der Waals surface area contributed by atoms with Crippen molar-refractivity contribution in [2.75, 3.05) is 11.9 Å². The van der Waals surface area contributed by atoms with Crippen LogP contribution in [-0.4, -0.2) is 29.6 Å². The lowest BCUT2D eigenvalue weighted by molar-refractivity contribution is -0.148. The molecule has 2 atom stereocenters. The number of amides is 2. The predicted octanol–water partition coefficient (Wildman–Crippen LogP) is 3.52. The van der Waals surface area contributed by atoms with E-state index in [0.29, 0.717) is 11.7 Å². The molecular weight excluding hydrogens is 326 g/mol. The van der Waals surface area contributed by atoms with Crippen LogP contribution >= 0.6 is 11.3 Å². The standard InChI is InChI=1S/C17H21N3O3S/c1-4-23-15(21)11(2)12(3)19-16(22)20-17-18-10-14(24-17)13-8-6-5-7-9-13/h5-12H,4H2,1-3H3,(H2,18,19,20,22)/t11-,12-/m0/s1. The number of carbonyl (C=O) groups excluding carboxylic acids is 2. The van der Waals surface area contributed by atoms with E-state index in [1.54, 1.807) is 27.0 Å². The molecule has 1 heterocycles. The van der Waals surface area contributed by atoms with Crippen molar-refractivity contribution in [3.8, 4) is 10.4 Å². The van der Waals surface area contributed by atoms with Gasteiger partial charge in [-0.1, -0.05) is 41.7 Å². The lowest BCUT2D eigenvalue weighted by Crippen LogP contribution is -2.42. The van der Waals surface area contributed by atoms with Crippen LogP contribution < -0.4 is 10.6 Å². The highest BCUT2D eigenvalue weighted by atomic mass is 32.1. The molecule has 2 amide bonds. The molecule has 0 fully saturated rings. The van der Waals surface area contributed by atoms with Gasteiger partial charge in [-0.3, -0.25) is 10.1 Å². The number of hydrogen-bond donors (Lipinski definition) is 2. The largest absolute Gasteiger partial charge is 0.466 e. The second-order valence-corrected chi connectivity index (χ2v) is 6.35. The van der Waals surface area contributed by atoms with Gasteiger partial charge in [0.1, 0.15) is 0 Å². The van der Waals surface area contributed by atoms with Crippen molar-refractivity contribution in [3.05, 3.63) is 36.5 Å². The highest BCUT2D eigenvalue weighted by molar-refractivity contribution is 7.19. The third kappa shape index (κ3) is 4.79. The maximum absolute atomic E-state index is 12.0. The van der Waals surface area contributed by atoms with Crippen molar-refractivity contribution in [2.24, 2.45) is 5.92 Å². The van der Waals surface area contributed by atoms with Crippen LogP contribution in [0.15, 0.2) is 36.5 Å². The quantitative estimate of drug-likeness (QED) is 0.784. The summed E-state index contributed by atoms with van der Waals surface area (Å²) in [4.78, 5) is 28.9. The molecule has 0 unspecified atom stereocenters. The van der Waals surface area contributed by atoms with Gasteiger partial charge < -0.3 is 10.1 Å². The number of rotatable bonds is 6. The summed E-state index contributed by atoms with van der Waals surface area (Å²) < 4.78 is 4.96. The Balaban J connectivity index is 1.91. The summed E-state index contributed by atoms with van der Waals surface area (Å²) in [6.45, 7) is 5.56. The van der Waals surface area contributed by atoms with Gasteiger partial charge in [-0.2, -0.15) is 0 Å². The summed E-state index contributed by atoms with van der Waals surface area (Å²) in [6, 6.07) is 9.08. The van der Waals surface area contributed by atoms with Crippen molar-refractivity contribution >= 4 is 28.5 Å². The fourth-order valence-corrected chi connectivity index (χ4v) is 2.83. The number of aromatic nitrogens is 1. The zero-order valence-corrected chi connectivity index (χ0v) is 14.7. The molecular formula is C17H21N3O3S. The van der Waals surface area contributed by atoms with Gasteiger partial charge in [0, 0.05) is 12.2 Å². The zero-order valence-electron chi connectivity index (χ0n) is 13.9. The second-order valence-electron chi connectivity index (χ2n) is 5.32. The Morgan fingerprint density at radius 2 is 1.96 bits per heavy atom. The Morgan fingerprint density at radius 1 is 1.25 bits per heavy atom. The van der Waals surface area contributed by atoms with E-state index in [0.717, 1.165) is 10.4 Å². The number of urea groups is 1. The molecule has 7 heteroatoms. The fraction of sp³-hybridized carbons (Fsp3) is 0.353. The first kappa shape index (κ1) is 17.9. The maximum Gasteiger partial charge on any atom is 0.321 e. The average Bonchev–Trinajstić information content (AvgIpc) is 3.03. The van der Waals surface area contributed by atoms with Crippen molar-refractivity contribution in [2.45, 2.75) is 26.8 Å². The first-order valence-corrected chi connectivity index (χ1v) is 8.58. The van der Waals surface area contributed by atoms with Crippen LogP contribution in [-0.2, 0) is 9.53 Å². The van der Waals surface area contributed by atoms with Crippen molar-refractivity contribution in [3.63, 3.8) is 0 Å². The number of benzene rings is 1. The van der Waals surface area contributed by atoms with Gasteiger partial charge in [0.05, 0.1) is 17.4 Å². The normalized spacial score (nSPS) is 13.0. The molecule has 0 radical (unpaired) electrons. The van der Waals surface area contributed by atoms with E-state index >= 15 is 0 Å². The number of anilines is 1. The Kier molecular flexibility index (Phi) is 6.31. The third-order valence-electron chi connectivity index (χ3n) is 3.55. The highest BCUT2D eigenvalue weighted by Crippen LogP contribution is 2.28. The van der Waals surface area contributed by atoms with Gasteiger partial charge >= 0.3 is 12.0 Å². The van der Waals surface area contributed by atoms with Crippen molar-refractivity contribution in [1.82, 2.24) is 10.3 Å². The van der Waals surface area contributed by atoms with Gasteiger partial charge in [0.15, 0.2) is 5.13 Å². The summed E-state index contributed by atoms with van der Waals surface area (Å²) >= 11 is 1.39. The Morgan fingerprint density at radius 3 is 2.62 bits per heavy atom. The minimum Gasteiger partial charge on any atom is -0.466 e. The molecule has 0 aliphatic rings. The number of ether oxygens (including phenoxy) is 1. The van der Waals surface area contributed by atoms with Crippen LogP contribution in [0.5, 0.6) is 0 Å². The lowest BCUT2D eigenvalue weighted by atomic mass is 10.0. The number of esters is 1. The SMILES string of the molecule is CCOC(=O)[C@@H](C)[C@H](C)NC(=O)Nc1ncc(-c2ccccc2)s1. The maximum atomic E-state index is 12.0. The molecule has 2 aromatic rings. The summed E-state index contributed by atoms with van der Waals surface area (Å²) in [6.07, 6.45) is 1.72. The summed E-state index contributed by atoms with van der Waals surface area (Å²) in [5, 5.41) is 5.93. The summed E-state index contributed by atoms with van der Waals surface area (Å²) in [5.41, 5.74) is 1.05. The third-order valence-corrected chi connectivity index (χ3v) is 4.51. The summed E-state index contributed by atoms with van der Waals surface area (Å²) in [7, 11) is 0. The van der Waals surface area contributed by atoms with E-state index in [-0.39, 0.29) is 12.0 Å². The van der Waals surface area contributed by atoms with Gasteiger partial charge in [-0.05, 0) is 26.3 Å². The van der Waals surface area contributed by atoms with Gasteiger partial charge in [-0.15, -0.1) is 0 Å². The number of hydrogen-bond acceptors (Lipinski definition) is 5. The Bertz CT molecular complexity index is 687. The molecule has 2 rings (SSSR count). The van der Waals surface area contributed by atoms with E-state index in [4.69, 9.17) is 4.74 Å². The molecule has 128 valence electrons. The van der Waals surface area contributed by atoms with Crippen molar-refractivity contribution in [1.29, 1.82) is 0 Å². The lowest BCUT2D eigenvalue weighted by Gasteiger charge is -2.19. The molecule has 0 saturated heterocycles. The van der Waals surface area contributed by atoms with E-state index in [1.165, 1.54) is 11.3 Å². The molecule has 1 aromatic carbocycles. The number of nitrogens with zero attached hydrogens (tertiary/aromatic N) is 1. The van der Waals surface area contributed by atoms with E-state index in [2.05, 4.69) is 15.6 Å². The molecule has 0 saturated carbocycles. The number of nitrogens with one attached hydrogen (secondary N) is 2. The first-order chi connectivity index (χ1) is 11.5. The number of carbonyl (C=O) groups is 2. The minimum absolute atomic E-state index is 0.323. The molecule has 0 aliphatic heterocycles. The highest BCUT2D eigenvalue weighted by Gasteiger charge is 2.23. The molecule has 2 N–H and O–H groups in total. The summed E-state index contributed by atoms with van der Waals surface area (Å²) in [5.74, 6) is -0.752. The average molecular weight is 347 g/mol. The Labute approximate surface area is 145 Å². The predicted molar refractivity (Wildman–Crippen MR) is 95.0 cm³/mol. The topological polar surface area (TPSA) is 80.3 Å². The fourth-order valence-electron chi connectivity index (χ4n) is 2.01. The molecule has 0 spiro atoms.